The van der Waals surface area contributed by atoms with Gasteiger partial charge in [-0.25, -0.2) is 4.79 Å². The highest BCUT2D eigenvalue weighted by atomic mass is 16.5. The third-order valence-electron chi connectivity index (χ3n) is 5.50. The van der Waals surface area contributed by atoms with Gasteiger partial charge in [0, 0.05) is 25.4 Å². The molecule has 1 N–H and O–H groups in total. The first-order valence-electron chi connectivity index (χ1n) is 8.57. The molecule has 2 fully saturated rings. The number of fused-ring (bicyclic) bond motifs is 2. The molecule has 4 atom stereocenters. The third kappa shape index (κ3) is 3.52. The number of aryl methyl sites for hydroxylation is 1. The first-order chi connectivity index (χ1) is 11.4. The predicted octanol–water partition coefficient (Wildman–Crippen LogP) is 1.48. The molecule has 130 valence electrons. The number of ether oxygens (including phenoxy) is 1. The summed E-state index contributed by atoms with van der Waals surface area (Å²) in [5, 5.41) is 2.95. The average Bonchev–Trinajstić information content (AvgIpc) is 3.18. The normalized spacial score (nSPS) is 26.2. The minimum atomic E-state index is -0.657. The first kappa shape index (κ1) is 16.7. The monoisotopic (exact) mass is 332 g/mol. The highest BCUT2D eigenvalue weighted by Gasteiger charge is 2.42. The molecule has 0 unspecified atom stereocenters. The zero-order valence-electron chi connectivity index (χ0n) is 14.2. The largest absolute Gasteiger partial charge is 0.452 e. The van der Waals surface area contributed by atoms with Crippen LogP contribution in [0.2, 0.25) is 0 Å². The van der Waals surface area contributed by atoms with Crippen molar-refractivity contribution in [2.75, 3.05) is 6.61 Å². The van der Waals surface area contributed by atoms with E-state index < -0.39 is 5.97 Å². The van der Waals surface area contributed by atoms with Gasteiger partial charge in [-0.3, -0.25) is 9.59 Å². The lowest BCUT2D eigenvalue weighted by Crippen LogP contribution is -2.42. The second kappa shape index (κ2) is 6.79. The Morgan fingerprint density at radius 1 is 1.38 bits per heavy atom. The molecule has 0 spiro atoms. The van der Waals surface area contributed by atoms with Gasteiger partial charge in [0.15, 0.2) is 6.61 Å². The summed E-state index contributed by atoms with van der Waals surface area (Å²) < 4.78 is 6.37. The van der Waals surface area contributed by atoms with Crippen molar-refractivity contribution in [2.45, 2.75) is 38.6 Å². The van der Waals surface area contributed by atoms with Crippen LogP contribution in [0, 0.1) is 17.8 Å². The Balaban J connectivity index is 1.47. The molecule has 0 radical (unpaired) electrons. The third-order valence-corrected chi connectivity index (χ3v) is 5.50. The van der Waals surface area contributed by atoms with Crippen LogP contribution in [-0.4, -0.2) is 29.1 Å². The van der Waals surface area contributed by atoms with Gasteiger partial charge in [0.1, 0.15) is 0 Å². The lowest BCUT2D eigenvalue weighted by molar-refractivity contribution is -0.125. The van der Waals surface area contributed by atoms with Crippen molar-refractivity contribution in [2.24, 2.45) is 24.8 Å². The summed E-state index contributed by atoms with van der Waals surface area (Å²) in [6.07, 6.45) is 6.59. The number of pyridine rings is 1. The summed E-state index contributed by atoms with van der Waals surface area (Å²) in [6, 6.07) is 2.81. The van der Waals surface area contributed by atoms with Crippen molar-refractivity contribution in [3.63, 3.8) is 0 Å². The Hall–Kier alpha value is -2.11. The highest BCUT2D eigenvalue weighted by molar-refractivity contribution is 5.91. The molecule has 1 aromatic heterocycles. The zero-order chi connectivity index (χ0) is 17.3. The van der Waals surface area contributed by atoms with Crippen molar-refractivity contribution in [3.05, 3.63) is 34.2 Å². The summed E-state index contributed by atoms with van der Waals surface area (Å²) in [6.45, 7) is 1.71. The first-order valence-corrected chi connectivity index (χ1v) is 8.57. The van der Waals surface area contributed by atoms with Crippen molar-refractivity contribution in [1.82, 2.24) is 9.88 Å². The molecule has 2 bridgehead atoms. The fourth-order valence-corrected chi connectivity index (χ4v) is 4.20. The van der Waals surface area contributed by atoms with Gasteiger partial charge in [-0.15, -0.1) is 0 Å². The Morgan fingerprint density at radius 3 is 2.79 bits per heavy atom. The molecule has 0 aromatic carbocycles. The summed E-state index contributed by atoms with van der Waals surface area (Å²) in [5.41, 5.74) is -0.133. The Bertz CT molecular complexity index is 697. The van der Waals surface area contributed by atoms with Gasteiger partial charge < -0.3 is 14.6 Å². The van der Waals surface area contributed by atoms with Crippen LogP contribution < -0.4 is 10.9 Å². The van der Waals surface area contributed by atoms with Gasteiger partial charge in [-0.2, -0.15) is 0 Å². The minimum absolute atomic E-state index is 0.107. The zero-order valence-corrected chi connectivity index (χ0v) is 14.2. The van der Waals surface area contributed by atoms with Crippen LogP contribution in [0.15, 0.2) is 23.1 Å². The van der Waals surface area contributed by atoms with Crippen LogP contribution in [0.5, 0.6) is 0 Å². The maximum atomic E-state index is 12.0. The molecule has 6 nitrogen and oxygen atoms in total. The van der Waals surface area contributed by atoms with Gasteiger partial charge >= 0.3 is 5.97 Å². The molecule has 1 heterocycles. The Labute approximate surface area is 141 Å². The van der Waals surface area contributed by atoms with E-state index in [4.69, 9.17) is 4.74 Å². The fourth-order valence-electron chi connectivity index (χ4n) is 4.20. The fraction of sp³-hybridized carbons (Fsp3) is 0.611. The number of amides is 1. The summed E-state index contributed by atoms with van der Waals surface area (Å²) in [5.74, 6) is 1.16. The van der Waals surface area contributed by atoms with E-state index in [1.807, 2.05) is 6.92 Å². The number of hydrogen-bond acceptors (Lipinski definition) is 4. The van der Waals surface area contributed by atoms with E-state index in [0.29, 0.717) is 5.92 Å². The molecule has 24 heavy (non-hydrogen) atoms. The molecule has 2 saturated carbocycles. The molecular formula is C18H24N2O4. The number of esters is 1. The van der Waals surface area contributed by atoms with E-state index in [1.54, 1.807) is 7.05 Å². The van der Waals surface area contributed by atoms with Crippen molar-refractivity contribution >= 4 is 11.9 Å². The molecular weight excluding hydrogens is 308 g/mol. The number of rotatable bonds is 5. The summed E-state index contributed by atoms with van der Waals surface area (Å²) >= 11 is 0. The van der Waals surface area contributed by atoms with E-state index in [0.717, 1.165) is 11.8 Å². The van der Waals surface area contributed by atoms with Crippen LogP contribution >= 0.6 is 0 Å². The van der Waals surface area contributed by atoms with E-state index >= 15 is 0 Å². The van der Waals surface area contributed by atoms with Crippen molar-refractivity contribution in [1.29, 1.82) is 0 Å². The van der Waals surface area contributed by atoms with E-state index in [2.05, 4.69) is 5.32 Å². The van der Waals surface area contributed by atoms with Crippen molar-refractivity contribution in [3.8, 4) is 0 Å². The number of carbonyl (C=O) groups excluding carboxylic acids is 2. The molecule has 2 aliphatic rings. The maximum absolute atomic E-state index is 12.0. The van der Waals surface area contributed by atoms with Crippen LogP contribution in [0.3, 0.4) is 0 Å². The van der Waals surface area contributed by atoms with E-state index in [-0.39, 0.29) is 29.7 Å². The molecule has 1 amide bonds. The molecule has 0 saturated heterocycles. The standard InChI is InChI=1S/C18H24N2O4/c1-11(15-8-12-3-4-13(15)7-12)19-16(21)10-24-18(23)14-5-6-20(2)17(22)9-14/h5-6,9,11-13,15H,3-4,7-8,10H2,1-2H3,(H,19,21)/t11-,12+,13+,15-/m1/s1. The van der Waals surface area contributed by atoms with Gasteiger partial charge in [0.2, 0.25) is 0 Å². The Kier molecular flexibility index (Phi) is 4.73. The molecule has 2 aliphatic carbocycles. The van der Waals surface area contributed by atoms with Gasteiger partial charge in [-0.1, -0.05) is 6.42 Å². The van der Waals surface area contributed by atoms with Gasteiger partial charge in [0.25, 0.3) is 11.5 Å². The number of aromatic nitrogens is 1. The molecule has 0 aliphatic heterocycles. The topological polar surface area (TPSA) is 77.4 Å². The average molecular weight is 332 g/mol. The second-order valence-corrected chi connectivity index (χ2v) is 7.14. The summed E-state index contributed by atoms with van der Waals surface area (Å²) in [4.78, 5) is 35.4. The lowest BCUT2D eigenvalue weighted by Gasteiger charge is -2.28. The van der Waals surface area contributed by atoms with Crippen LogP contribution in [0.4, 0.5) is 0 Å². The van der Waals surface area contributed by atoms with Crippen LogP contribution in [0.1, 0.15) is 43.0 Å². The SMILES string of the molecule is C[C@@H](NC(=O)COC(=O)c1ccn(C)c(=O)c1)[C@H]1C[C@H]2CC[C@H]1C2. The maximum Gasteiger partial charge on any atom is 0.338 e. The molecule has 6 heteroatoms. The summed E-state index contributed by atoms with van der Waals surface area (Å²) in [7, 11) is 1.60. The second-order valence-electron chi connectivity index (χ2n) is 7.14. The molecule has 1 aromatic rings. The highest BCUT2D eigenvalue weighted by Crippen LogP contribution is 2.49. The van der Waals surface area contributed by atoms with Crippen LogP contribution in [0.25, 0.3) is 0 Å². The Morgan fingerprint density at radius 2 is 2.17 bits per heavy atom. The van der Waals surface area contributed by atoms with Gasteiger partial charge in [-0.05, 0) is 50.0 Å². The predicted molar refractivity (Wildman–Crippen MR) is 88.5 cm³/mol. The van der Waals surface area contributed by atoms with Crippen LogP contribution in [-0.2, 0) is 16.6 Å². The number of nitrogens with one attached hydrogen (secondary N) is 1. The quantitative estimate of drug-likeness (QED) is 0.829. The number of nitrogens with zero attached hydrogens (tertiary/aromatic N) is 1. The minimum Gasteiger partial charge on any atom is -0.452 e. The lowest BCUT2D eigenvalue weighted by atomic mass is 9.84. The van der Waals surface area contributed by atoms with E-state index in [9.17, 15) is 14.4 Å². The van der Waals surface area contributed by atoms with Crippen molar-refractivity contribution < 1.29 is 14.3 Å². The molecule has 3 rings (SSSR count). The number of carbonyl (C=O) groups is 2. The smallest absolute Gasteiger partial charge is 0.338 e. The van der Waals surface area contributed by atoms with E-state index in [1.165, 1.54) is 48.6 Å². The van der Waals surface area contributed by atoms with Gasteiger partial charge in [0.05, 0.1) is 5.56 Å². The number of hydrogen-bond donors (Lipinski definition) is 1.